The molecule has 2 aromatic carbocycles. The SMILES string of the molecule is CCn1c(C#CCNc2ccccc2)cc2cc(CI(CC)CC)ccc21. The topological polar surface area (TPSA) is 17.0 Å². The van der Waals surface area contributed by atoms with E-state index in [0.717, 1.165) is 17.9 Å². The summed E-state index contributed by atoms with van der Waals surface area (Å²) in [4.78, 5) is 0. The molecule has 0 amide bonds. The van der Waals surface area contributed by atoms with Crippen molar-refractivity contribution in [1.29, 1.82) is 0 Å². The van der Waals surface area contributed by atoms with Gasteiger partial charge in [0, 0.05) is 0 Å². The summed E-state index contributed by atoms with van der Waals surface area (Å²) >= 11 is -0.785. The van der Waals surface area contributed by atoms with Crippen LogP contribution in [0.5, 0.6) is 0 Å². The van der Waals surface area contributed by atoms with E-state index in [1.165, 1.54) is 29.7 Å². The first kappa shape index (κ1) is 19.8. The minimum atomic E-state index is -0.785. The van der Waals surface area contributed by atoms with Gasteiger partial charge in [-0.15, -0.1) is 0 Å². The van der Waals surface area contributed by atoms with E-state index in [1.54, 1.807) is 0 Å². The zero-order valence-corrected chi connectivity index (χ0v) is 18.7. The van der Waals surface area contributed by atoms with Crippen molar-refractivity contribution in [1.82, 2.24) is 4.57 Å². The van der Waals surface area contributed by atoms with Crippen molar-refractivity contribution in [3.63, 3.8) is 0 Å². The Bertz CT molecular complexity index is 927. The van der Waals surface area contributed by atoms with Crippen LogP contribution in [0.3, 0.4) is 0 Å². The number of aromatic nitrogens is 1. The standard InChI is InChI=1S/C24H29IN2/c1-4-25(5-2)19-20-14-15-24-21(17-20)18-23(27(24)6-3)13-10-16-26-22-11-8-7-9-12-22/h7-9,11-12,14-15,17-18,26H,4-6,16,19H2,1-3H3. The van der Waals surface area contributed by atoms with Gasteiger partial charge in [-0.25, -0.2) is 0 Å². The molecule has 0 fully saturated rings. The fourth-order valence-corrected chi connectivity index (χ4v) is 7.16. The van der Waals surface area contributed by atoms with Gasteiger partial charge >= 0.3 is 153 Å². The number of benzene rings is 2. The van der Waals surface area contributed by atoms with Crippen LogP contribution in [-0.2, 0) is 11.0 Å². The molecule has 0 aliphatic carbocycles. The Morgan fingerprint density at radius 2 is 1.74 bits per heavy atom. The summed E-state index contributed by atoms with van der Waals surface area (Å²) in [5.74, 6) is 6.64. The molecule has 2 nitrogen and oxygen atoms in total. The Kier molecular flexibility index (Phi) is 7.23. The number of rotatable bonds is 7. The van der Waals surface area contributed by atoms with Crippen LogP contribution >= 0.6 is 19.8 Å². The van der Waals surface area contributed by atoms with E-state index in [-0.39, 0.29) is 0 Å². The third kappa shape index (κ3) is 5.07. The maximum absolute atomic E-state index is 3.37. The summed E-state index contributed by atoms with van der Waals surface area (Å²) in [5, 5.41) is 4.68. The van der Waals surface area contributed by atoms with Gasteiger partial charge in [-0.05, 0) is 0 Å². The number of hydrogen-bond donors (Lipinski definition) is 1. The zero-order chi connectivity index (χ0) is 19.1. The van der Waals surface area contributed by atoms with Gasteiger partial charge in [-0.2, -0.15) is 0 Å². The number of anilines is 1. The van der Waals surface area contributed by atoms with Crippen molar-refractivity contribution < 1.29 is 0 Å². The van der Waals surface area contributed by atoms with E-state index in [9.17, 15) is 0 Å². The quantitative estimate of drug-likeness (QED) is 0.247. The number of fused-ring (bicyclic) bond motifs is 1. The molecule has 0 aliphatic rings. The van der Waals surface area contributed by atoms with Crippen LogP contribution in [0.2, 0.25) is 0 Å². The Morgan fingerprint density at radius 3 is 2.44 bits per heavy atom. The summed E-state index contributed by atoms with van der Waals surface area (Å²) in [6.45, 7) is 8.51. The van der Waals surface area contributed by atoms with E-state index in [0.29, 0.717) is 6.54 Å². The molecule has 3 rings (SSSR count). The average molecular weight is 472 g/mol. The number of nitrogens with one attached hydrogen (secondary N) is 1. The molecule has 0 atom stereocenters. The van der Waals surface area contributed by atoms with Gasteiger partial charge in [-0.1, -0.05) is 18.2 Å². The van der Waals surface area contributed by atoms with Gasteiger partial charge in [0.25, 0.3) is 0 Å². The van der Waals surface area contributed by atoms with Gasteiger partial charge in [0.2, 0.25) is 0 Å². The van der Waals surface area contributed by atoms with E-state index >= 15 is 0 Å². The molecule has 3 heteroatoms. The molecule has 1 N–H and O–H groups in total. The van der Waals surface area contributed by atoms with Crippen LogP contribution in [0.4, 0.5) is 5.69 Å². The summed E-state index contributed by atoms with van der Waals surface area (Å²) in [7, 11) is 0. The van der Waals surface area contributed by atoms with Gasteiger partial charge in [0.05, 0.1) is 0 Å². The number of alkyl halides is 3. The summed E-state index contributed by atoms with van der Waals surface area (Å²) in [6, 6.07) is 19.5. The molecule has 0 spiro atoms. The molecule has 0 saturated heterocycles. The molecule has 0 unspecified atom stereocenters. The molecule has 1 aromatic heterocycles. The zero-order valence-electron chi connectivity index (χ0n) is 16.6. The Hall–Kier alpha value is -1.93. The molecule has 1 heterocycles. The molecule has 142 valence electrons. The van der Waals surface area contributed by atoms with Crippen molar-refractivity contribution in [2.75, 3.05) is 20.7 Å². The van der Waals surface area contributed by atoms with Gasteiger partial charge in [0.15, 0.2) is 0 Å². The monoisotopic (exact) mass is 472 g/mol. The van der Waals surface area contributed by atoms with Crippen molar-refractivity contribution in [3.8, 4) is 11.8 Å². The van der Waals surface area contributed by atoms with Gasteiger partial charge in [0.1, 0.15) is 0 Å². The van der Waals surface area contributed by atoms with E-state index in [2.05, 4.69) is 78.9 Å². The van der Waals surface area contributed by atoms with Crippen LogP contribution < -0.4 is 5.32 Å². The molecule has 0 radical (unpaired) electrons. The second-order valence-electron chi connectivity index (χ2n) is 6.42. The molecule has 0 aliphatic heterocycles. The predicted octanol–water partition coefficient (Wildman–Crippen LogP) is 6.17. The molecular weight excluding hydrogens is 443 g/mol. The third-order valence-corrected chi connectivity index (χ3v) is 11.0. The van der Waals surface area contributed by atoms with E-state index in [4.69, 9.17) is 0 Å². The van der Waals surface area contributed by atoms with E-state index < -0.39 is 19.8 Å². The van der Waals surface area contributed by atoms with Crippen LogP contribution in [-0.4, -0.2) is 20.0 Å². The van der Waals surface area contributed by atoms with Crippen LogP contribution in [0.15, 0.2) is 54.6 Å². The Balaban J connectivity index is 1.78. The number of halogens is 1. The van der Waals surface area contributed by atoms with E-state index in [1.807, 2.05) is 18.2 Å². The van der Waals surface area contributed by atoms with Crippen molar-refractivity contribution in [2.45, 2.75) is 31.7 Å². The minimum absolute atomic E-state index is 0.654. The van der Waals surface area contributed by atoms with Crippen molar-refractivity contribution in [2.24, 2.45) is 0 Å². The summed E-state index contributed by atoms with van der Waals surface area (Å²) in [5.41, 5.74) is 5.03. The fourth-order valence-electron chi connectivity index (χ4n) is 3.28. The number of para-hydroxylation sites is 1. The number of nitrogens with zero attached hydrogens (tertiary/aromatic N) is 1. The van der Waals surface area contributed by atoms with Gasteiger partial charge < -0.3 is 0 Å². The fraction of sp³-hybridized carbons (Fsp3) is 0.333. The molecule has 0 bridgehead atoms. The first-order chi connectivity index (χ1) is 13.2. The van der Waals surface area contributed by atoms with Crippen molar-refractivity contribution >= 4 is 36.4 Å². The second kappa shape index (κ2) is 9.85. The summed E-state index contributed by atoms with van der Waals surface area (Å²) < 4.78 is 6.45. The molecule has 3 aromatic rings. The average Bonchev–Trinajstić information content (AvgIpc) is 3.06. The van der Waals surface area contributed by atoms with Gasteiger partial charge in [-0.3, -0.25) is 0 Å². The maximum atomic E-state index is 3.37. The Labute approximate surface area is 170 Å². The summed E-state index contributed by atoms with van der Waals surface area (Å²) in [6.07, 6.45) is 0. The van der Waals surface area contributed by atoms with Crippen LogP contribution in [0.25, 0.3) is 10.9 Å². The Morgan fingerprint density at radius 1 is 0.963 bits per heavy atom. The first-order valence-corrected chi connectivity index (χ1v) is 14.3. The number of aryl methyl sites for hydroxylation is 1. The second-order valence-corrected chi connectivity index (χ2v) is 13.5. The van der Waals surface area contributed by atoms with Crippen LogP contribution in [0, 0.1) is 11.8 Å². The first-order valence-electron chi connectivity index (χ1n) is 9.72. The number of hydrogen-bond acceptors (Lipinski definition) is 1. The van der Waals surface area contributed by atoms with Crippen molar-refractivity contribution in [3.05, 3.63) is 65.9 Å². The molecule has 0 saturated carbocycles. The van der Waals surface area contributed by atoms with Crippen LogP contribution in [0.1, 0.15) is 32.0 Å². The molecular formula is C24H29IN2. The third-order valence-electron chi connectivity index (χ3n) is 4.75. The molecule has 27 heavy (non-hydrogen) atoms. The predicted molar refractivity (Wildman–Crippen MR) is 128 cm³/mol. The normalized spacial score (nSPS) is 11.1.